The Morgan fingerprint density at radius 2 is 1.43 bits per heavy atom. The van der Waals surface area contributed by atoms with E-state index in [9.17, 15) is 5.26 Å². The lowest BCUT2D eigenvalue weighted by atomic mass is 9.95. The molecular formula is C41H26N4O. The summed E-state index contributed by atoms with van der Waals surface area (Å²) in [4.78, 5) is 10.2. The molecule has 0 saturated carbocycles. The Morgan fingerprint density at radius 3 is 2.28 bits per heavy atom. The Kier molecular flexibility index (Phi) is 5.94. The van der Waals surface area contributed by atoms with Gasteiger partial charge in [-0.15, -0.1) is 0 Å². The number of para-hydroxylation sites is 2. The van der Waals surface area contributed by atoms with Crippen LogP contribution < -0.4 is 0 Å². The van der Waals surface area contributed by atoms with Crippen molar-refractivity contribution in [2.24, 2.45) is 5.92 Å². The highest BCUT2D eigenvalue weighted by Crippen LogP contribution is 2.39. The molecule has 0 radical (unpaired) electrons. The summed E-state index contributed by atoms with van der Waals surface area (Å²) < 4.78 is 8.60. The van der Waals surface area contributed by atoms with Gasteiger partial charge in [-0.3, -0.25) is 0 Å². The molecular weight excluding hydrogens is 564 g/mol. The summed E-state index contributed by atoms with van der Waals surface area (Å²) in [5.41, 5.74) is 9.68. The van der Waals surface area contributed by atoms with Gasteiger partial charge in [-0.05, 0) is 54.5 Å². The first-order chi connectivity index (χ1) is 22.7. The van der Waals surface area contributed by atoms with Crippen molar-refractivity contribution in [3.63, 3.8) is 0 Å². The summed E-state index contributed by atoms with van der Waals surface area (Å²) in [7, 11) is 0. The van der Waals surface area contributed by atoms with Crippen molar-refractivity contribution >= 4 is 49.3 Å². The van der Waals surface area contributed by atoms with Gasteiger partial charge in [0.05, 0.1) is 34.4 Å². The monoisotopic (exact) mass is 590 g/mol. The van der Waals surface area contributed by atoms with E-state index in [0.717, 1.165) is 72.1 Å². The molecule has 0 saturated heterocycles. The number of furan rings is 1. The Balaban J connectivity index is 1.24. The second-order valence-corrected chi connectivity index (χ2v) is 11.7. The number of fused-ring (bicyclic) bond motifs is 6. The van der Waals surface area contributed by atoms with Crippen molar-refractivity contribution in [3.05, 3.63) is 145 Å². The quantitative estimate of drug-likeness (QED) is 0.204. The van der Waals surface area contributed by atoms with Crippen LogP contribution in [-0.2, 0) is 0 Å². The lowest BCUT2D eigenvalue weighted by Crippen LogP contribution is -2.02. The molecule has 8 aromatic rings. The highest BCUT2D eigenvalue weighted by molar-refractivity contribution is 6.17. The minimum absolute atomic E-state index is 0.108. The molecule has 1 aliphatic carbocycles. The van der Waals surface area contributed by atoms with E-state index in [0.29, 0.717) is 12.2 Å². The number of hydrogen-bond donors (Lipinski definition) is 0. The van der Waals surface area contributed by atoms with Gasteiger partial charge in [-0.25, -0.2) is 9.97 Å². The van der Waals surface area contributed by atoms with Crippen LogP contribution in [0.1, 0.15) is 12.1 Å². The number of hydrogen-bond acceptors (Lipinski definition) is 4. The molecule has 9 rings (SSSR count). The summed E-state index contributed by atoms with van der Waals surface area (Å²) in [6, 6.07) is 44.2. The molecule has 0 aliphatic heterocycles. The van der Waals surface area contributed by atoms with Gasteiger partial charge in [0.15, 0.2) is 5.82 Å². The molecule has 1 unspecified atom stereocenters. The molecule has 5 heteroatoms. The lowest BCUT2D eigenvalue weighted by molar-refractivity contribution is 0.669. The molecule has 0 spiro atoms. The molecule has 0 amide bonds. The first-order valence-electron chi connectivity index (χ1n) is 15.4. The normalized spacial score (nSPS) is 14.7. The molecule has 0 bridgehead atoms. The maximum atomic E-state index is 9.39. The molecule has 5 aromatic carbocycles. The average molecular weight is 591 g/mol. The SMILES string of the molecule is N#CC1C=CC(c2cc(-c3ccccc3)nc(-c3cccc(-n4c5ccccc5c5cc6oc7ccccc7c6cc54)c3)n2)=CC1. The molecule has 0 fully saturated rings. The highest BCUT2D eigenvalue weighted by atomic mass is 16.3. The smallest absolute Gasteiger partial charge is 0.160 e. The van der Waals surface area contributed by atoms with Crippen LogP contribution in [0.2, 0.25) is 0 Å². The minimum Gasteiger partial charge on any atom is -0.456 e. The fraction of sp³-hybridized carbons (Fsp3) is 0.0488. The third-order valence-electron chi connectivity index (χ3n) is 8.89. The predicted molar refractivity (Wildman–Crippen MR) is 185 cm³/mol. The molecule has 1 aliphatic rings. The van der Waals surface area contributed by atoms with Crippen LogP contribution in [0.15, 0.2) is 144 Å². The van der Waals surface area contributed by atoms with Crippen LogP contribution in [-0.4, -0.2) is 14.5 Å². The van der Waals surface area contributed by atoms with E-state index >= 15 is 0 Å². The van der Waals surface area contributed by atoms with Gasteiger partial charge in [-0.2, -0.15) is 5.26 Å². The maximum Gasteiger partial charge on any atom is 0.160 e. The Labute approximate surface area is 265 Å². The first-order valence-corrected chi connectivity index (χ1v) is 15.4. The highest BCUT2D eigenvalue weighted by Gasteiger charge is 2.18. The fourth-order valence-corrected chi connectivity index (χ4v) is 6.64. The third-order valence-corrected chi connectivity index (χ3v) is 8.89. The second kappa shape index (κ2) is 10.4. The van der Waals surface area contributed by atoms with Crippen LogP contribution in [0.3, 0.4) is 0 Å². The zero-order valence-corrected chi connectivity index (χ0v) is 24.8. The van der Waals surface area contributed by atoms with Crippen molar-refractivity contribution in [2.45, 2.75) is 6.42 Å². The molecule has 46 heavy (non-hydrogen) atoms. The zero-order chi connectivity index (χ0) is 30.6. The van der Waals surface area contributed by atoms with Crippen molar-refractivity contribution in [1.29, 1.82) is 5.26 Å². The van der Waals surface area contributed by atoms with Gasteiger partial charge in [0.25, 0.3) is 0 Å². The first kappa shape index (κ1) is 26.2. The molecule has 0 N–H and O–H groups in total. The Bertz CT molecular complexity index is 2580. The van der Waals surface area contributed by atoms with Gasteiger partial charge >= 0.3 is 0 Å². The Morgan fingerprint density at radius 1 is 0.652 bits per heavy atom. The predicted octanol–water partition coefficient (Wildman–Crippen LogP) is 10.3. The largest absolute Gasteiger partial charge is 0.456 e. The van der Waals surface area contributed by atoms with Crippen LogP contribution in [0, 0.1) is 17.2 Å². The van der Waals surface area contributed by atoms with Gasteiger partial charge in [0.1, 0.15) is 11.2 Å². The van der Waals surface area contributed by atoms with Crippen molar-refractivity contribution in [3.8, 4) is 34.4 Å². The molecule has 1 atom stereocenters. The number of nitrogens with zero attached hydrogens (tertiary/aromatic N) is 4. The van der Waals surface area contributed by atoms with E-state index in [4.69, 9.17) is 14.4 Å². The number of rotatable bonds is 4. The van der Waals surface area contributed by atoms with Crippen LogP contribution in [0.4, 0.5) is 0 Å². The van der Waals surface area contributed by atoms with E-state index < -0.39 is 0 Å². The Hall–Kier alpha value is -6.25. The topological polar surface area (TPSA) is 67.6 Å². The second-order valence-electron chi connectivity index (χ2n) is 11.7. The fourth-order valence-electron chi connectivity index (χ4n) is 6.64. The summed E-state index contributed by atoms with van der Waals surface area (Å²) in [5.74, 6) is 0.543. The minimum atomic E-state index is -0.108. The van der Waals surface area contributed by atoms with Crippen LogP contribution >= 0.6 is 0 Å². The van der Waals surface area contributed by atoms with Gasteiger partial charge in [0, 0.05) is 38.4 Å². The molecule has 3 aromatic heterocycles. The number of aromatic nitrogens is 3. The van der Waals surface area contributed by atoms with E-state index in [1.807, 2.05) is 48.6 Å². The number of nitriles is 1. The summed E-state index contributed by atoms with van der Waals surface area (Å²) in [6.07, 6.45) is 6.74. The van der Waals surface area contributed by atoms with E-state index in [1.165, 1.54) is 5.39 Å². The van der Waals surface area contributed by atoms with E-state index in [1.54, 1.807) is 0 Å². The van der Waals surface area contributed by atoms with Gasteiger partial charge in [-0.1, -0.05) is 97.1 Å². The third kappa shape index (κ3) is 4.23. The van der Waals surface area contributed by atoms with Crippen molar-refractivity contribution < 1.29 is 4.42 Å². The van der Waals surface area contributed by atoms with Gasteiger partial charge < -0.3 is 8.98 Å². The zero-order valence-electron chi connectivity index (χ0n) is 24.8. The van der Waals surface area contributed by atoms with E-state index in [2.05, 4.69) is 102 Å². The molecule has 5 nitrogen and oxygen atoms in total. The van der Waals surface area contributed by atoms with Crippen molar-refractivity contribution in [1.82, 2.24) is 14.5 Å². The molecule has 216 valence electrons. The van der Waals surface area contributed by atoms with Crippen LogP contribution in [0.25, 0.3) is 77.7 Å². The average Bonchev–Trinajstić information content (AvgIpc) is 3.65. The number of benzene rings is 5. The van der Waals surface area contributed by atoms with Crippen molar-refractivity contribution in [2.75, 3.05) is 0 Å². The maximum absolute atomic E-state index is 9.39. The standard InChI is InChI=1S/C41H26N4O/c42-25-26-17-19-28(20-18-26)36-24-35(27-9-2-1-3-10-27)43-41(44-36)29-11-8-12-30(21-29)45-37-15-6-4-13-31(37)33-23-40-34(22-38(33)45)32-14-5-7-16-39(32)46-40/h1-17,19-24,26H,18H2. The lowest BCUT2D eigenvalue weighted by Gasteiger charge is -2.14. The summed E-state index contributed by atoms with van der Waals surface area (Å²) in [6.45, 7) is 0. The number of allylic oxidation sites excluding steroid dienone is 4. The summed E-state index contributed by atoms with van der Waals surface area (Å²) in [5, 5.41) is 13.9. The summed E-state index contributed by atoms with van der Waals surface area (Å²) >= 11 is 0. The van der Waals surface area contributed by atoms with Gasteiger partial charge in [0.2, 0.25) is 0 Å². The van der Waals surface area contributed by atoms with E-state index in [-0.39, 0.29) is 5.92 Å². The molecule has 3 heterocycles. The van der Waals surface area contributed by atoms with Crippen LogP contribution in [0.5, 0.6) is 0 Å².